The molecule has 0 amide bonds. The van der Waals surface area contributed by atoms with Gasteiger partial charge in [0.05, 0.1) is 11.6 Å². The quantitative estimate of drug-likeness (QED) is 0.264. The molecule has 0 radical (unpaired) electrons. The highest BCUT2D eigenvalue weighted by molar-refractivity contribution is 5.96. The number of piperidine rings is 1. The number of halogens is 5. The molecule has 0 aliphatic carbocycles. The lowest BCUT2D eigenvalue weighted by Crippen LogP contribution is -2.40. The van der Waals surface area contributed by atoms with Gasteiger partial charge in [-0.05, 0) is 42.8 Å². The number of para-hydroxylation sites is 1. The Hall–Kier alpha value is -4.36. The average molecular weight is 558 g/mol. The van der Waals surface area contributed by atoms with E-state index in [2.05, 4.69) is 30.9 Å². The number of aromatic amines is 1. The second-order valence-corrected chi connectivity index (χ2v) is 9.97. The summed E-state index contributed by atoms with van der Waals surface area (Å²) in [6.45, 7) is 3.65. The first kappa shape index (κ1) is 25.9. The van der Waals surface area contributed by atoms with Gasteiger partial charge in [-0.2, -0.15) is 18.4 Å². The van der Waals surface area contributed by atoms with Crippen LogP contribution in [0.4, 0.5) is 33.6 Å². The zero-order valence-electron chi connectivity index (χ0n) is 21.5. The van der Waals surface area contributed by atoms with Crippen LogP contribution in [0.25, 0.3) is 27.9 Å². The van der Waals surface area contributed by atoms with Gasteiger partial charge in [-0.25, -0.2) is 18.7 Å². The van der Waals surface area contributed by atoms with Crippen molar-refractivity contribution in [2.45, 2.75) is 44.8 Å². The van der Waals surface area contributed by atoms with E-state index in [0.29, 0.717) is 33.5 Å². The second kappa shape index (κ2) is 9.38. The van der Waals surface area contributed by atoms with Crippen molar-refractivity contribution in [1.82, 2.24) is 35.0 Å². The standard InChI is InChI=1S/C26H24F5N9/c1-14-11-17(15(2)32-19-6-4-3-5-16(19)22-35-37-38-36-22)21-18(12-14)23-33-20(26(29,30)31)13-40(23)24(34-21)39-9-7-25(27,28)8-10-39/h3-6,11-13,15,32H,7-10H2,1-2H3,(H,35,36,37,38)/t15-/m1/s1. The van der Waals surface area contributed by atoms with Crippen LogP contribution in [0.1, 0.15) is 42.6 Å². The summed E-state index contributed by atoms with van der Waals surface area (Å²) in [5.41, 5.74) is 2.34. The molecule has 3 aromatic heterocycles. The summed E-state index contributed by atoms with van der Waals surface area (Å²) in [6, 6.07) is 10.7. The highest BCUT2D eigenvalue weighted by atomic mass is 19.4. The first-order valence-electron chi connectivity index (χ1n) is 12.6. The van der Waals surface area contributed by atoms with Crippen LogP contribution in [0.3, 0.4) is 0 Å². The van der Waals surface area contributed by atoms with Gasteiger partial charge in [0.25, 0.3) is 5.92 Å². The molecule has 6 rings (SSSR count). The van der Waals surface area contributed by atoms with E-state index in [1.165, 1.54) is 4.40 Å². The molecular weight excluding hydrogens is 533 g/mol. The molecule has 0 unspecified atom stereocenters. The summed E-state index contributed by atoms with van der Waals surface area (Å²) in [7, 11) is 0. The third kappa shape index (κ3) is 4.67. The first-order valence-corrected chi connectivity index (χ1v) is 12.6. The van der Waals surface area contributed by atoms with Gasteiger partial charge in [-0.15, -0.1) is 10.2 Å². The maximum absolute atomic E-state index is 13.9. The summed E-state index contributed by atoms with van der Waals surface area (Å²) >= 11 is 0. The summed E-state index contributed by atoms with van der Waals surface area (Å²) in [5.74, 6) is -2.29. The van der Waals surface area contributed by atoms with Crippen LogP contribution in [0.2, 0.25) is 0 Å². The smallest absolute Gasteiger partial charge is 0.378 e. The predicted octanol–water partition coefficient (Wildman–Crippen LogP) is 5.80. The van der Waals surface area contributed by atoms with Crippen molar-refractivity contribution in [2.75, 3.05) is 23.3 Å². The number of fused-ring (bicyclic) bond motifs is 3. The zero-order valence-corrected chi connectivity index (χ0v) is 21.5. The molecule has 1 fully saturated rings. The number of H-pyrrole nitrogens is 1. The first-order chi connectivity index (χ1) is 19.0. The van der Waals surface area contributed by atoms with Crippen molar-refractivity contribution < 1.29 is 22.0 Å². The van der Waals surface area contributed by atoms with Crippen molar-refractivity contribution >= 4 is 28.2 Å². The molecule has 2 N–H and O–H groups in total. The van der Waals surface area contributed by atoms with E-state index < -0.39 is 30.6 Å². The molecule has 1 atom stereocenters. The van der Waals surface area contributed by atoms with Crippen LogP contribution >= 0.6 is 0 Å². The number of imidazole rings is 1. The largest absolute Gasteiger partial charge is 0.434 e. The Morgan fingerprint density at radius 2 is 1.82 bits per heavy atom. The van der Waals surface area contributed by atoms with E-state index in [-0.39, 0.29) is 30.7 Å². The van der Waals surface area contributed by atoms with Crippen molar-refractivity contribution in [3.05, 3.63) is 59.4 Å². The minimum atomic E-state index is -4.69. The third-order valence-electron chi connectivity index (χ3n) is 7.08. The topological polar surface area (TPSA) is 99.9 Å². The fraction of sp³-hybridized carbons (Fsp3) is 0.346. The van der Waals surface area contributed by atoms with Crippen LogP contribution in [0.15, 0.2) is 42.6 Å². The molecular formula is C26H24F5N9. The minimum Gasteiger partial charge on any atom is -0.378 e. The SMILES string of the molecule is Cc1cc([C@@H](C)Nc2ccccc2-c2nn[nH]n2)c2nc(N3CCC(F)(F)CC3)n3cc(C(F)(F)F)nc3c2c1. The Balaban J connectivity index is 1.51. The van der Waals surface area contributed by atoms with Crippen molar-refractivity contribution in [3.63, 3.8) is 0 Å². The summed E-state index contributed by atoms with van der Waals surface area (Å²) < 4.78 is 70.4. The monoisotopic (exact) mass is 557 g/mol. The number of nitrogens with one attached hydrogen (secondary N) is 2. The molecule has 40 heavy (non-hydrogen) atoms. The number of alkyl halides is 5. The van der Waals surface area contributed by atoms with Gasteiger partial charge >= 0.3 is 6.18 Å². The summed E-state index contributed by atoms with van der Waals surface area (Å²) in [6.07, 6.45) is -4.64. The van der Waals surface area contributed by atoms with Gasteiger partial charge in [-0.1, -0.05) is 18.2 Å². The number of anilines is 2. The lowest BCUT2D eigenvalue weighted by Gasteiger charge is -2.33. The van der Waals surface area contributed by atoms with Crippen LogP contribution in [0.5, 0.6) is 0 Å². The molecule has 0 spiro atoms. The van der Waals surface area contributed by atoms with Crippen LogP contribution in [0, 0.1) is 6.92 Å². The maximum Gasteiger partial charge on any atom is 0.434 e. The van der Waals surface area contributed by atoms with E-state index in [4.69, 9.17) is 4.98 Å². The number of tetrazole rings is 1. The third-order valence-corrected chi connectivity index (χ3v) is 7.08. The van der Waals surface area contributed by atoms with Crippen molar-refractivity contribution in [3.8, 4) is 11.4 Å². The second-order valence-electron chi connectivity index (χ2n) is 9.97. The molecule has 9 nitrogen and oxygen atoms in total. The summed E-state index contributed by atoms with van der Waals surface area (Å²) in [4.78, 5) is 10.3. The maximum atomic E-state index is 13.9. The predicted molar refractivity (Wildman–Crippen MR) is 138 cm³/mol. The zero-order chi connectivity index (χ0) is 28.2. The molecule has 0 saturated carbocycles. The Kier molecular flexibility index (Phi) is 6.07. The molecule has 208 valence electrons. The molecule has 2 aromatic carbocycles. The van der Waals surface area contributed by atoms with E-state index in [1.807, 2.05) is 44.2 Å². The van der Waals surface area contributed by atoms with Gasteiger partial charge in [0, 0.05) is 54.3 Å². The van der Waals surface area contributed by atoms with E-state index in [9.17, 15) is 22.0 Å². The highest BCUT2D eigenvalue weighted by Crippen LogP contribution is 2.37. The molecule has 0 bridgehead atoms. The molecule has 1 saturated heterocycles. The van der Waals surface area contributed by atoms with Crippen molar-refractivity contribution in [2.24, 2.45) is 0 Å². The average Bonchev–Trinajstić information content (AvgIpc) is 3.59. The van der Waals surface area contributed by atoms with Gasteiger partial charge in [-0.3, -0.25) is 4.40 Å². The molecule has 4 heterocycles. The number of hydrogen-bond donors (Lipinski definition) is 2. The van der Waals surface area contributed by atoms with Crippen molar-refractivity contribution in [1.29, 1.82) is 0 Å². The highest BCUT2D eigenvalue weighted by Gasteiger charge is 2.37. The molecule has 5 aromatic rings. The Labute approximate surface area is 224 Å². The molecule has 14 heteroatoms. The van der Waals surface area contributed by atoms with E-state index in [0.717, 1.165) is 11.8 Å². The van der Waals surface area contributed by atoms with Crippen LogP contribution in [-0.2, 0) is 6.18 Å². The Morgan fingerprint density at radius 3 is 2.52 bits per heavy atom. The Morgan fingerprint density at radius 1 is 1.07 bits per heavy atom. The lowest BCUT2D eigenvalue weighted by atomic mass is 10.00. The minimum absolute atomic E-state index is 0.0484. The summed E-state index contributed by atoms with van der Waals surface area (Å²) in [5, 5.41) is 18.0. The number of rotatable bonds is 5. The van der Waals surface area contributed by atoms with E-state index >= 15 is 0 Å². The fourth-order valence-corrected chi connectivity index (χ4v) is 5.09. The molecule has 1 aliphatic heterocycles. The normalized spacial score (nSPS) is 16.5. The number of aryl methyl sites for hydroxylation is 1. The van der Waals surface area contributed by atoms with Gasteiger partial charge in [0.2, 0.25) is 11.8 Å². The van der Waals surface area contributed by atoms with Crippen LogP contribution < -0.4 is 10.2 Å². The number of benzene rings is 2. The number of nitrogens with zero attached hydrogens (tertiary/aromatic N) is 7. The lowest BCUT2D eigenvalue weighted by molar-refractivity contribution is -0.140. The van der Waals surface area contributed by atoms with Crippen LogP contribution in [-0.4, -0.2) is 54.0 Å². The molecule has 1 aliphatic rings. The Bertz CT molecular complexity index is 1680. The van der Waals surface area contributed by atoms with Gasteiger partial charge in [0.1, 0.15) is 5.65 Å². The fourth-order valence-electron chi connectivity index (χ4n) is 5.09. The number of aromatic nitrogens is 7. The van der Waals surface area contributed by atoms with Gasteiger partial charge < -0.3 is 10.2 Å². The van der Waals surface area contributed by atoms with Gasteiger partial charge in [0.15, 0.2) is 5.69 Å². The number of hydrogen-bond acceptors (Lipinski definition) is 7. The van der Waals surface area contributed by atoms with E-state index in [1.54, 1.807) is 11.0 Å².